The van der Waals surface area contributed by atoms with Crippen molar-refractivity contribution in [2.45, 2.75) is 18.0 Å². The molecule has 0 spiro atoms. The number of rotatable bonds is 4. The van der Waals surface area contributed by atoms with Gasteiger partial charge >= 0.3 is 0 Å². The lowest BCUT2D eigenvalue weighted by molar-refractivity contribution is -0.119. The van der Waals surface area contributed by atoms with Crippen molar-refractivity contribution in [3.05, 3.63) is 94.2 Å². The number of anilines is 1. The van der Waals surface area contributed by atoms with Gasteiger partial charge in [-0.25, -0.2) is 12.8 Å². The Morgan fingerprint density at radius 1 is 0.900 bits per heavy atom. The number of hydrogen-bond acceptors (Lipinski definition) is 3. The predicted molar refractivity (Wildman–Crippen MR) is 116 cm³/mol. The first-order chi connectivity index (χ1) is 14.3. The topological polar surface area (TPSA) is 57.7 Å². The van der Waals surface area contributed by atoms with Crippen LogP contribution in [0.1, 0.15) is 11.1 Å². The van der Waals surface area contributed by atoms with Crippen molar-refractivity contribution in [1.82, 2.24) is 4.31 Å². The van der Waals surface area contributed by atoms with E-state index < -0.39 is 15.8 Å². The summed E-state index contributed by atoms with van der Waals surface area (Å²) in [7, 11) is -3.91. The number of halogens is 2. The first kappa shape index (κ1) is 20.7. The zero-order valence-electron chi connectivity index (χ0n) is 15.8. The van der Waals surface area contributed by atoms with Crippen molar-refractivity contribution < 1.29 is 17.6 Å². The van der Waals surface area contributed by atoms with Crippen molar-refractivity contribution in [2.75, 3.05) is 11.4 Å². The van der Waals surface area contributed by atoms with Gasteiger partial charge in [0.15, 0.2) is 0 Å². The Labute approximate surface area is 182 Å². The van der Waals surface area contributed by atoms with E-state index >= 15 is 0 Å². The summed E-state index contributed by atoms with van der Waals surface area (Å²) < 4.78 is 42.4. The molecule has 0 aromatic heterocycles. The molecule has 0 aliphatic carbocycles. The number of carbonyl (C=O) groups excluding carboxylic acids is 1. The zero-order chi connectivity index (χ0) is 21.3. The summed E-state index contributed by atoms with van der Waals surface area (Å²) in [5.41, 5.74) is 1.65. The molecule has 1 aliphatic rings. The lowest BCUT2D eigenvalue weighted by Crippen LogP contribution is -2.38. The first-order valence-electron chi connectivity index (χ1n) is 9.23. The Balaban J connectivity index is 1.74. The normalized spacial score (nSPS) is 16.2. The van der Waals surface area contributed by atoms with Crippen LogP contribution in [0, 0.1) is 5.82 Å². The third kappa shape index (κ3) is 4.16. The molecule has 154 valence electrons. The van der Waals surface area contributed by atoms with Gasteiger partial charge in [0, 0.05) is 11.0 Å². The minimum atomic E-state index is -3.91. The fourth-order valence-corrected chi connectivity index (χ4v) is 5.25. The van der Waals surface area contributed by atoms with E-state index in [9.17, 15) is 17.6 Å². The maximum Gasteiger partial charge on any atom is 0.245 e. The van der Waals surface area contributed by atoms with Crippen LogP contribution in [0.5, 0.6) is 0 Å². The number of hydrogen-bond donors (Lipinski definition) is 0. The molecule has 0 saturated heterocycles. The third-order valence-electron chi connectivity index (χ3n) is 4.89. The molecule has 1 aliphatic heterocycles. The van der Waals surface area contributed by atoms with E-state index in [2.05, 4.69) is 15.9 Å². The van der Waals surface area contributed by atoms with Gasteiger partial charge in [-0.2, -0.15) is 4.31 Å². The monoisotopic (exact) mass is 488 g/mol. The lowest BCUT2D eigenvalue weighted by Gasteiger charge is -2.22. The highest BCUT2D eigenvalue weighted by molar-refractivity contribution is 9.10. The Kier molecular flexibility index (Phi) is 5.73. The van der Waals surface area contributed by atoms with Crippen molar-refractivity contribution in [3.8, 4) is 0 Å². The molecule has 0 radical (unpaired) electrons. The van der Waals surface area contributed by atoms with Gasteiger partial charge in [0.05, 0.1) is 18.8 Å². The highest BCUT2D eigenvalue weighted by Gasteiger charge is 2.36. The molecule has 3 aromatic rings. The summed E-state index contributed by atoms with van der Waals surface area (Å²) in [6, 6.07) is 19.6. The predicted octanol–water partition coefficient (Wildman–Crippen LogP) is 4.33. The van der Waals surface area contributed by atoms with Crippen molar-refractivity contribution in [2.24, 2.45) is 0 Å². The standard InChI is InChI=1S/C22H18BrFN2O3S/c23-18-10-8-16(9-11-18)13-25-15-22(27)26(14-17-4-3-5-19(24)12-17)20-6-1-2-7-21(20)30(25,28)29/h1-12H,13-15H2. The fraction of sp³-hybridized carbons (Fsp3) is 0.136. The third-order valence-corrected chi connectivity index (χ3v) is 7.26. The van der Waals surface area contributed by atoms with Gasteiger partial charge in [-0.05, 0) is 47.5 Å². The van der Waals surface area contributed by atoms with Crippen LogP contribution in [0.4, 0.5) is 10.1 Å². The summed E-state index contributed by atoms with van der Waals surface area (Å²) in [5, 5.41) is 0. The van der Waals surface area contributed by atoms with E-state index in [1.165, 1.54) is 27.4 Å². The number of carbonyl (C=O) groups is 1. The average molecular weight is 489 g/mol. The van der Waals surface area contributed by atoms with Crippen LogP contribution in [0.3, 0.4) is 0 Å². The maximum absolute atomic E-state index is 13.6. The minimum Gasteiger partial charge on any atom is -0.305 e. The van der Waals surface area contributed by atoms with E-state index in [1.54, 1.807) is 30.3 Å². The Morgan fingerprint density at radius 2 is 1.63 bits per heavy atom. The second kappa shape index (κ2) is 8.29. The molecule has 0 saturated carbocycles. The van der Waals surface area contributed by atoms with Crippen LogP contribution in [0.2, 0.25) is 0 Å². The Morgan fingerprint density at radius 3 is 2.37 bits per heavy atom. The van der Waals surface area contributed by atoms with Crippen LogP contribution in [-0.2, 0) is 27.9 Å². The molecule has 1 heterocycles. The van der Waals surface area contributed by atoms with E-state index in [1.807, 2.05) is 24.3 Å². The van der Waals surface area contributed by atoms with Crippen molar-refractivity contribution >= 4 is 37.5 Å². The molecule has 5 nitrogen and oxygen atoms in total. The van der Waals surface area contributed by atoms with Crippen LogP contribution in [0.25, 0.3) is 0 Å². The van der Waals surface area contributed by atoms with Crippen LogP contribution >= 0.6 is 15.9 Å². The Bertz CT molecular complexity index is 1200. The van der Waals surface area contributed by atoms with Crippen molar-refractivity contribution in [3.63, 3.8) is 0 Å². The molecule has 0 bridgehead atoms. The van der Waals surface area contributed by atoms with Gasteiger partial charge in [0.1, 0.15) is 10.7 Å². The van der Waals surface area contributed by atoms with Gasteiger partial charge in [-0.3, -0.25) is 4.79 Å². The fourth-order valence-electron chi connectivity index (χ4n) is 3.42. The Hall–Kier alpha value is -2.55. The molecule has 1 amide bonds. The second-order valence-corrected chi connectivity index (χ2v) is 9.80. The SMILES string of the molecule is O=C1CN(Cc2ccc(Br)cc2)S(=O)(=O)c2ccccc2N1Cc1cccc(F)c1. The van der Waals surface area contributed by atoms with Gasteiger partial charge in [0.25, 0.3) is 0 Å². The minimum absolute atomic E-state index is 0.0596. The quantitative estimate of drug-likeness (QED) is 0.549. The molecule has 3 aromatic carbocycles. The van der Waals surface area contributed by atoms with Crippen LogP contribution < -0.4 is 4.90 Å². The number of nitrogens with zero attached hydrogens (tertiary/aromatic N) is 2. The molecule has 0 atom stereocenters. The number of para-hydroxylation sites is 1. The second-order valence-electron chi connectivity index (χ2n) is 6.98. The summed E-state index contributed by atoms with van der Waals surface area (Å²) in [6.07, 6.45) is 0. The van der Waals surface area contributed by atoms with Gasteiger partial charge in [-0.15, -0.1) is 0 Å². The summed E-state index contributed by atoms with van der Waals surface area (Å²) >= 11 is 3.36. The molecule has 8 heteroatoms. The summed E-state index contributed by atoms with van der Waals surface area (Å²) in [6.45, 7) is -0.152. The van der Waals surface area contributed by atoms with E-state index in [4.69, 9.17) is 0 Å². The maximum atomic E-state index is 13.6. The summed E-state index contributed by atoms with van der Waals surface area (Å²) in [5.74, 6) is -0.780. The average Bonchev–Trinajstić information content (AvgIpc) is 2.79. The van der Waals surface area contributed by atoms with Gasteiger partial charge in [0.2, 0.25) is 15.9 Å². The van der Waals surface area contributed by atoms with E-state index in [-0.39, 0.29) is 30.4 Å². The highest BCUT2D eigenvalue weighted by Crippen LogP contribution is 2.33. The smallest absolute Gasteiger partial charge is 0.245 e. The number of amides is 1. The van der Waals surface area contributed by atoms with Crippen LogP contribution in [-0.4, -0.2) is 25.2 Å². The van der Waals surface area contributed by atoms with Gasteiger partial charge < -0.3 is 4.90 Å². The lowest BCUT2D eigenvalue weighted by atomic mass is 10.2. The number of benzene rings is 3. The van der Waals surface area contributed by atoms with Crippen molar-refractivity contribution in [1.29, 1.82) is 0 Å². The molecule has 4 rings (SSSR count). The highest BCUT2D eigenvalue weighted by atomic mass is 79.9. The molecular formula is C22H18BrFN2O3S. The molecule has 0 unspecified atom stereocenters. The van der Waals surface area contributed by atoms with E-state index in [0.29, 0.717) is 11.3 Å². The first-order valence-corrected chi connectivity index (χ1v) is 11.5. The molecular weight excluding hydrogens is 471 g/mol. The van der Waals surface area contributed by atoms with Gasteiger partial charge in [-0.1, -0.05) is 52.3 Å². The number of fused-ring (bicyclic) bond motifs is 1. The summed E-state index contributed by atoms with van der Waals surface area (Å²) in [4.78, 5) is 14.6. The largest absolute Gasteiger partial charge is 0.305 e. The van der Waals surface area contributed by atoms with Crippen LogP contribution in [0.15, 0.2) is 82.2 Å². The number of sulfonamides is 1. The van der Waals surface area contributed by atoms with E-state index in [0.717, 1.165) is 10.0 Å². The molecule has 30 heavy (non-hydrogen) atoms. The molecule has 0 fully saturated rings. The zero-order valence-corrected chi connectivity index (χ0v) is 18.2. The molecule has 0 N–H and O–H groups in total.